The van der Waals surface area contributed by atoms with Crippen LogP contribution in [0.5, 0.6) is 0 Å². The summed E-state index contributed by atoms with van der Waals surface area (Å²) in [6.45, 7) is 0.473. The molecule has 0 aliphatic heterocycles. The van der Waals surface area contributed by atoms with Crippen LogP contribution < -0.4 is 0 Å². The van der Waals surface area contributed by atoms with Crippen molar-refractivity contribution in [2.75, 3.05) is 5.75 Å². The predicted molar refractivity (Wildman–Crippen MR) is 103 cm³/mol. The normalized spacial score (nSPS) is 11.0. The van der Waals surface area contributed by atoms with Gasteiger partial charge in [0, 0.05) is 5.56 Å². The fraction of sp³-hybridized carbons (Fsp3) is 0.105. The van der Waals surface area contributed by atoms with E-state index in [1.54, 1.807) is 17.6 Å². The first kappa shape index (κ1) is 17.7. The van der Waals surface area contributed by atoms with Gasteiger partial charge >= 0.3 is 0 Å². The minimum Gasteiger partial charge on any atom is -0.467 e. The third kappa shape index (κ3) is 4.01. The molecule has 0 aliphatic carbocycles. The van der Waals surface area contributed by atoms with Gasteiger partial charge in [0.05, 0.1) is 23.4 Å². The maximum absolute atomic E-state index is 13.0. The molecule has 27 heavy (non-hydrogen) atoms. The first-order chi connectivity index (χ1) is 13.2. The van der Waals surface area contributed by atoms with Crippen LogP contribution in [-0.2, 0) is 6.54 Å². The number of hydrogen-bond acceptors (Lipinski definition) is 6. The summed E-state index contributed by atoms with van der Waals surface area (Å²) in [5.41, 5.74) is 0.472. The Morgan fingerprint density at radius 1 is 1.15 bits per heavy atom. The van der Waals surface area contributed by atoms with E-state index in [9.17, 15) is 9.18 Å². The number of thioether (sulfide) groups is 1. The van der Waals surface area contributed by atoms with Crippen LogP contribution in [0.3, 0.4) is 0 Å². The lowest BCUT2D eigenvalue weighted by molar-refractivity contribution is 0.102. The molecular formula is C19H14FN3O2S2. The lowest BCUT2D eigenvalue weighted by Crippen LogP contribution is -2.06. The molecule has 0 fully saturated rings. The van der Waals surface area contributed by atoms with Crippen molar-refractivity contribution in [3.63, 3.8) is 0 Å². The van der Waals surface area contributed by atoms with Crippen LogP contribution in [0, 0.1) is 5.82 Å². The number of Topliss-reactive ketones (excluding diaryl/α,β-unsaturated/α-hetero) is 1. The molecule has 0 spiro atoms. The number of halogens is 1. The zero-order chi connectivity index (χ0) is 18.6. The maximum Gasteiger partial charge on any atom is 0.192 e. The number of ketones is 1. The van der Waals surface area contributed by atoms with Crippen molar-refractivity contribution in [2.24, 2.45) is 0 Å². The van der Waals surface area contributed by atoms with E-state index in [0.29, 0.717) is 17.3 Å². The summed E-state index contributed by atoms with van der Waals surface area (Å²) in [5, 5.41) is 11.2. The molecule has 3 heterocycles. The Morgan fingerprint density at radius 2 is 2.00 bits per heavy atom. The summed E-state index contributed by atoms with van der Waals surface area (Å²) in [4.78, 5) is 13.4. The van der Waals surface area contributed by atoms with Crippen molar-refractivity contribution in [3.8, 4) is 10.7 Å². The van der Waals surface area contributed by atoms with Gasteiger partial charge in [-0.05, 0) is 47.8 Å². The average Bonchev–Trinajstić information content (AvgIpc) is 3.43. The average molecular weight is 399 g/mol. The number of rotatable bonds is 7. The fourth-order valence-corrected chi connectivity index (χ4v) is 4.08. The zero-order valence-corrected chi connectivity index (χ0v) is 15.7. The molecule has 0 unspecified atom stereocenters. The van der Waals surface area contributed by atoms with E-state index in [0.717, 1.165) is 16.5 Å². The Bertz CT molecular complexity index is 1030. The second kappa shape index (κ2) is 7.89. The molecule has 4 rings (SSSR count). The molecule has 136 valence electrons. The van der Waals surface area contributed by atoms with Gasteiger partial charge in [-0.1, -0.05) is 17.8 Å². The Kier molecular flexibility index (Phi) is 5.17. The molecule has 0 bridgehead atoms. The van der Waals surface area contributed by atoms with Gasteiger partial charge in [-0.2, -0.15) is 0 Å². The highest BCUT2D eigenvalue weighted by Gasteiger charge is 2.18. The van der Waals surface area contributed by atoms with Crippen molar-refractivity contribution in [1.82, 2.24) is 14.8 Å². The molecule has 1 aromatic carbocycles. The molecule has 0 amide bonds. The summed E-state index contributed by atoms with van der Waals surface area (Å²) in [6.07, 6.45) is 1.62. The number of thiophene rings is 1. The number of carbonyl (C=O) groups is 1. The van der Waals surface area contributed by atoms with Crippen molar-refractivity contribution in [3.05, 3.63) is 77.3 Å². The standard InChI is InChI=1S/C19H14FN3O2S2/c20-14-7-5-13(6-8-14)16(24)12-27-19-22-21-18(17-4-2-10-26-17)23(19)11-15-3-1-9-25-15/h1-10H,11-12H2. The molecule has 3 aromatic heterocycles. The minimum atomic E-state index is -0.363. The lowest BCUT2D eigenvalue weighted by atomic mass is 10.1. The van der Waals surface area contributed by atoms with Gasteiger partial charge in [0.25, 0.3) is 0 Å². The van der Waals surface area contributed by atoms with Crippen molar-refractivity contribution >= 4 is 28.9 Å². The van der Waals surface area contributed by atoms with Gasteiger partial charge in [-0.25, -0.2) is 4.39 Å². The second-order valence-corrected chi connectivity index (χ2v) is 7.56. The van der Waals surface area contributed by atoms with Gasteiger partial charge in [0.15, 0.2) is 16.8 Å². The maximum atomic E-state index is 13.0. The van der Waals surface area contributed by atoms with Crippen molar-refractivity contribution in [1.29, 1.82) is 0 Å². The van der Waals surface area contributed by atoms with Crippen LogP contribution >= 0.6 is 23.1 Å². The Morgan fingerprint density at radius 3 is 2.70 bits per heavy atom. The topological polar surface area (TPSA) is 60.9 Å². The number of carbonyl (C=O) groups excluding carboxylic acids is 1. The minimum absolute atomic E-state index is 0.0924. The summed E-state index contributed by atoms with van der Waals surface area (Å²) >= 11 is 2.88. The van der Waals surface area contributed by atoms with Crippen LogP contribution in [0.25, 0.3) is 10.7 Å². The number of hydrogen-bond donors (Lipinski definition) is 0. The highest BCUT2D eigenvalue weighted by molar-refractivity contribution is 7.99. The van der Waals surface area contributed by atoms with Crippen LogP contribution in [0.2, 0.25) is 0 Å². The molecular weight excluding hydrogens is 385 g/mol. The summed E-state index contributed by atoms with van der Waals surface area (Å²) < 4.78 is 20.4. The molecule has 0 aliphatic rings. The van der Waals surface area contributed by atoms with Crippen LogP contribution in [0.4, 0.5) is 4.39 Å². The number of nitrogens with zero attached hydrogens (tertiary/aromatic N) is 3. The SMILES string of the molecule is O=C(CSc1nnc(-c2cccs2)n1Cc1ccco1)c1ccc(F)cc1. The molecule has 0 saturated heterocycles. The van der Waals surface area contributed by atoms with Crippen LogP contribution in [0.15, 0.2) is 69.7 Å². The molecule has 4 aromatic rings. The fourth-order valence-electron chi connectivity index (χ4n) is 2.53. The van der Waals surface area contributed by atoms with E-state index in [1.807, 2.05) is 34.2 Å². The molecule has 0 saturated carbocycles. The molecule has 0 N–H and O–H groups in total. The van der Waals surface area contributed by atoms with E-state index >= 15 is 0 Å². The van der Waals surface area contributed by atoms with Crippen molar-refractivity contribution in [2.45, 2.75) is 11.7 Å². The molecule has 8 heteroatoms. The largest absolute Gasteiger partial charge is 0.467 e. The molecule has 5 nitrogen and oxygen atoms in total. The Hall–Kier alpha value is -2.71. The number of benzene rings is 1. The first-order valence-corrected chi connectivity index (χ1v) is 9.98. The highest BCUT2D eigenvalue weighted by Crippen LogP contribution is 2.28. The first-order valence-electron chi connectivity index (χ1n) is 8.12. The van der Waals surface area contributed by atoms with Gasteiger partial charge in [0.1, 0.15) is 11.6 Å². The number of furan rings is 1. The Balaban J connectivity index is 1.56. The van der Waals surface area contributed by atoms with E-state index in [-0.39, 0.29) is 17.4 Å². The van der Waals surface area contributed by atoms with Gasteiger partial charge in [-0.3, -0.25) is 9.36 Å². The highest BCUT2D eigenvalue weighted by atomic mass is 32.2. The van der Waals surface area contributed by atoms with E-state index in [4.69, 9.17) is 4.42 Å². The summed E-state index contributed by atoms with van der Waals surface area (Å²) in [6, 6.07) is 13.2. The lowest BCUT2D eigenvalue weighted by Gasteiger charge is -2.07. The zero-order valence-electron chi connectivity index (χ0n) is 14.0. The third-order valence-corrected chi connectivity index (χ3v) is 5.68. The van der Waals surface area contributed by atoms with E-state index < -0.39 is 0 Å². The monoisotopic (exact) mass is 399 g/mol. The van der Waals surface area contributed by atoms with Gasteiger partial charge in [0.2, 0.25) is 0 Å². The van der Waals surface area contributed by atoms with Crippen LogP contribution in [0.1, 0.15) is 16.1 Å². The smallest absolute Gasteiger partial charge is 0.192 e. The van der Waals surface area contributed by atoms with E-state index in [2.05, 4.69) is 10.2 Å². The summed E-state index contributed by atoms with van der Waals surface area (Å²) in [5.74, 6) is 1.24. The number of aromatic nitrogens is 3. The third-order valence-electron chi connectivity index (χ3n) is 3.85. The van der Waals surface area contributed by atoms with Crippen molar-refractivity contribution < 1.29 is 13.6 Å². The predicted octanol–water partition coefficient (Wildman–Crippen LogP) is 4.76. The Labute approximate surface area is 162 Å². The molecule has 0 radical (unpaired) electrons. The van der Waals surface area contributed by atoms with E-state index in [1.165, 1.54) is 36.0 Å². The molecule has 0 atom stereocenters. The summed E-state index contributed by atoms with van der Waals surface area (Å²) in [7, 11) is 0. The van der Waals surface area contributed by atoms with Gasteiger partial charge in [-0.15, -0.1) is 21.5 Å². The quantitative estimate of drug-likeness (QED) is 0.331. The van der Waals surface area contributed by atoms with Crippen LogP contribution in [-0.4, -0.2) is 26.3 Å². The second-order valence-electron chi connectivity index (χ2n) is 5.67. The van der Waals surface area contributed by atoms with Gasteiger partial charge < -0.3 is 4.42 Å².